The van der Waals surface area contributed by atoms with E-state index in [0.717, 1.165) is 41.9 Å². The van der Waals surface area contributed by atoms with Gasteiger partial charge in [-0.3, -0.25) is 0 Å². The molecule has 0 radical (unpaired) electrons. The van der Waals surface area contributed by atoms with Crippen LogP contribution in [0, 0.1) is 11.8 Å². The maximum atomic E-state index is 6.33. The summed E-state index contributed by atoms with van der Waals surface area (Å²) in [7, 11) is 0. The fraction of sp³-hybridized carbons (Fsp3) is 0.560. The van der Waals surface area contributed by atoms with Crippen LogP contribution in [-0.4, -0.2) is 47.0 Å². The third kappa shape index (κ3) is 4.13. The van der Waals surface area contributed by atoms with Gasteiger partial charge in [-0.15, -0.1) is 0 Å². The van der Waals surface area contributed by atoms with Gasteiger partial charge in [-0.25, -0.2) is 4.98 Å². The van der Waals surface area contributed by atoms with E-state index in [1.807, 2.05) is 18.5 Å². The lowest BCUT2D eigenvalue weighted by Crippen LogP contribution is -2.42. The minimum Gasteiger partial charge on any atom is -0.397 e. The number of rotatable bonds is 4. The Labute approximate surface area is 180 Å². The van der Waals surface area contributed by atoms with E-state index >= 15 is 0 Å². The van der Waals surface area contributed by atoms with Gasteiger partial charge in [0.05, 0.1) is 11.4 Å². The zero-order valence-electron chi connectivity index (χ0n) is 18.3. The maximum absolute atomic E-state index is 6.33. The fourth-order valence-electron chi connectivity index (χ4n) is 5.57. The van der Waals surface area contributed by atoms with Gasteiger partial charge in [0.1, 0.15) is 5.65 Å². The number of anilines is 2. The smallest absolute Gasteiger partial charge is 0.138 e. The van der Waals surface area contributed by atoms with Crippen LogP contribution in [0.2, 0.25) is 0 Å². The Kier molecular flexibility index (Phi) is 5.55. The molecular formula is C25H35N5. The zero-order chi connectivity index (χ0) is 20.5. The molecule has 0 bridgehead atoms. The number of allylic oxidation sites excluding steroid dienone is 4. The normalized spacial score (nSPS) is 22.4. The van der Waals surface area contributed by atoms with Gasteiger partial charge in [0, 0.05) is 44.3 Å². The number of pyridine rings is 1. The number of hydrogen-bond acceptors (Lipinski definition) is 4. The molecule has 4 heterocycles. The second-order valence-corrected chi connectivity index (χ2v) is 9.55. The minimum atomic E-state index is 0.791. The van der Waals surface area contributed by atoms with Crippen molar-refractivity contribution in [2.75, 3.05) is 43.4 Å². The molecule has 2 aromatic rings. The molecule has 0 saturated carbocycles. The SMILES string of the molecule is CC1=CC(C2CCN(CC3CCN(c4cn5ccnc5cc4N)CC3)CC2)=CCC1. The molecule has 0 amide bonds. The Morgan fingerprint density at radius 1 is 1.10 bits per heavy atom. The number of nitrogen functional groups attached to an aromatic ring is 1. The van der Waals surface area contributed by atoms with Gasteiger partial charge in [-0.2, -0.15) is 0 Å². The molecule has 0 aromatic carbocycles. The number of imidazole rings is 1. The van der Waals surface area contributed by atoms with Crippen molar-refractivity contribution in [1.82, 2.24) is 14.3 Å². The highest BCUT2D eigenvalue weighted by molar-refractivity contribution is 5.71. The fourth-order valence-corrected chi connectivity index (χ4v) is 5.57. The predicted molar refractivity (Wildman–Crippen MR) is 125 cm³/mol. The third-order valence-corrected chi connectivity index (χ3v) is 7.40. The third-order valence-electron chi connectivity index (χ3n) is 7.40. The van der Waals surface area contributed by atoms with Gasteiger partial charge in [0.2, 0.25) is 0 Å². The molecule has 0 spiro atoms. The van der Waals surface area contributed by atoms with Crippen molar-refractivity contribution in [3.63, 3.8) is 0 Å². The molecule has 5 nitrogen and oxygen atoms in total. The van der Waals surface area contributed by atoms with E-state index in [2.05, 4.69) is 44.5 Å². The zero-order valence-corrected chi connectivity index (χ0v) is 18.3. The molecule has 0 unspecified atom stereocenters. The van der Waals surface area contributed by atoms with E-state index < -0.39 is 0 Å². The lowest BCUT2D eigenvalue weighted by molar-refractivity contribution is 0.162. The van der Waals surface area contributed by atoms with Crippen molar-refractivity contribution in [3.8, 4) is 0 Å². The molecular weight excluding hydrogens is 370 g/mol. The first-order chi connectivity index (χ1) is 14.7. The molecule has 2 saturated heterocycles. The van der Waals surface area contributed by atoms with Crippen molar-refractivity contribution < 1.29 is 0 Å². The number of fused-ring (bicyclic) bond motifs is 1. The summed E-state index contributed by atoms with van der Waals surface area (Å²) in [5.41, 5.74) is 12.4. The van der Waals surface area contributed by atoms with Crippen LogP contribution < -0.4 is 10.6 Å². The molecule has 5 rings (SSSR count). The van der Waals surface area contributed by atoms with E-state index in [9.17, 15) is 0 Å². The monoisotopic (exact) mass is 405 g/mol. The van der Waals surface area contributed by atoms with Gasteiger partial charge < -0.3 is 19.9 Å². The lowest BCUT2D eigenvalue weighted by atomic mass is 9.84. The highest BCUT2D eigenvalue weighted by Gasteiger charge is 2.26. The van der Waals surface area contributed by atoms with Crippen molar-refractivity contribution in [2.45, 2.75) is 45.4 Å². The number of piperidine rings is 2. The van der Waals surface area contributed by atoms with Crippen LogP contribution in [0.3, 0.4) is 0 Å². The van der Waals surface area contributed by atoms with E-state index in [4.69, 9.17) is 5.73 Å². The molecule has 2 fully saturated rings. The Bertz CT molecular complexity index is 940. The topological polar surface area (TPSA) is 49.8 Å². The van der Waals surface area contributed by atoms with Crippen LogP contribution in [0.5, 0.6) is 0 Å². The first kappa shape index (κ1) is 19.7. The van der Waals surface area contributed by atoms with Crippen LogP contribution in [0.15, 0.2) is 48.0 Å². The average molecular weight is 406 g/mol. The molecule has 2 aliphatic heterocycles. The number of nitrogens with zero attached hydrogens (tertiary/aromatic N) is 4. The first-order valence-corrected chi connectivity index (χ1v) is 11.7. The second kappa shape index (κ2) is 8.46. The summed E-state index contributed by atoms with van der Waals surface area (Å²) >= 11 is 0. The van der Waals surface area contributed by atoms with Gasteiger partial charge in [-0.1, -0.05) is 17.7 Å². The Hall–Kier alpha value is -2.27. The van der Waals surface area contributed by atoms with Gasteiger partial charge >= 0.3 is 0 Å². The van der Waals surface area contributed by atoms with Gasteiger partial charge in [0.25, 0.3) is 0 Å². The Morgan fingerprint density at radius 2 is 1.90 bits per heavy atom. The summed E-state index contributed by atoms with van der Waals surface area (Å²) in [4.78, 5) is 9.52. The molecule has 5 heteroatoms. The number of aromatic nitrogens is 2. The van der Waals surface area contributed by atoms with E-state index in [0.29, 0.717) is 0 Å². The Morgan fingerprint density at radius 3 is 2.67 bits per heavy atom. The van der Waals surface area contributed by atoms with E-state index in [1.165, 1.54) is 58.2 Å². The van der Waals surface area contributed by atoms with Crippen LogP contribution >= 0.6 is 0 Å². The summed E-state index contributed by atoms with van der Waals surface area (Å²) in [6.07, 6.45) is 18.6. The summed E-state index contributed by atoms with van der Waals surface area (Å²) < 4.78 is 2.07. The lowest BCUT2D eigenvalue weighted by Gasteiger charge is -2.39. The molecule has 3 aliphatic rings. The molecule has 2 aromatic heterocycles. The molecule has 30 heavy (non-hydrogen) atoms. The highest BCUT2D eigenvalue weighted by Crippen LogP contribution is 2.32. The maximum Gasteiger partial charge on any atom is 0.138 e. The largest absolute Gasteiger partial charge is 0.397 e. The first-order valence-electron chi connectivity index (χ1n) is 11.7. The van der Waals surface area contributed by atoms with Crippen molar-refractivity contribution >= 4 is 17.0 Å². The summed E-state index contributed by atoms with van der Waals surface area (Å²) in [5.74, 6) is 1.60. The van der Waals surface area contributed by atoms with Gasteiger partial charge in [0.15, 0.2) is 0 Å². The van der Waals surface area contributed by atoms with Crippen molar-refractivity contribution in [3.05, 3.63) is 48.0 Å². The van der Waals surface area contributed by atoms with Crippen LogP contribution in [0.4, 0.5) is 11.4 Å². The number of likely N-dealkylation sites (tertiary alicyclic amines) is 1. The van der Waals surface area contributed by atoms with Crippen LogP contribution in [0.25, 0.3) is 5.65 Å². The van der Waals surface area contributed by atoms with Gasteiger partial charge in [-0.05, 0) is 75.9 Å². The highest BCUT2D eigenvalue weighted by atomic mass is 15.2. The minimum absolute atomic E-state index is 0.791. The summed E-state index contributed by atoms with van der Waals surface area (Å²) in [6.45, 7) is 8.28. The van der Waals surface area contributed by atoms with Crippen molar-refractivity contribution in [2.24, 2.45) is 11.8 Å². The van der Waals surface area contributed by atoms with Crippen LogP contribution in [-0.2, 0) is 0 Å². The summed E-state index contributed by atoms with van der Waals surface area (Å²) in [5, 5.41) is 0. The number of nitrogens with two attached hydrogens (primary N) is 1. The standard InChI is InChI=1S/C25H35N5/c1-19-3-2-4-22(15-19)21-7-10-28(11-8-21)17-20-5-12-29(13-6-20)24-18-30-14-9-27-25(30)16-23(24)26/h4,9,14-16,18,20-21H,2-3,5-8,10-13,17,26H2,1H3. The molecule has 2 N–H and O–H groups in total. The predicted octanol–water partition coefficient (Wildman–Crippen LogP) is 4.51. The molecule has 1 aliphatic carbocycles. The molecule has 160 valence electrons. The van der Waals surface area contributed by atoms with E-state index in [1.54, 1.807) is 11.1 Å². The average Bonchev–Trinajstić information content (AvgIpc) is 3.21. The second-order valence-electron chi connectivity index (χ2n) is 9.55. The Balaban J connectivity index is 1.12. The molecule has 0 atom stereocenters. The number of hydrogen-bond donors (Lipinski definition) is 1. The van der Waals surface area contributed by atoms with E-state index in [-0.39, 0.29) is 0 Å². The van der Waals surface area contributed by atoms with Crippen LogP contribution in [0.1, 0.15) is 45.4 Å². The van der Waals surface area contributed by atoms with Crippen molar-refractivity contribution in [1.29, 1.82) is 0 Å². The quantitative estimate of drug-likeness (QED) is 0.813. The summed E-state index contributed by atoms with van der Waals surface area (Å²) in [6, 6.07) is 1.99.